The van der Waals surface area contributed by atoms with E-state index in [0.29, 0.717) is 0 Å². The highest BCUT2D eigenvalue weighted by Gasteiger charge is 2.31. The molecule has 1 aliphatic rings. The van der Waals surface area contributed by atoms with Crippen molar-refractivity contribution in [1.82, 2.24) is 5.32 Å². The van der Waals surface area contributed by atoms with Gasteiger partial charge in [-0.2, -0.15) is 0 Å². The van der Waals surface area contributed by atoms with E-state index in [1.54, 1.807) is 11.8 Å². The minimum Gasteiger partial charge on any atom is -0.356 e. The molecule has 0 unspecified atom stereocenters. The van der Waals surface area contributed by atoms with Crippen LogP contribution in [0.1, 0.15) is 28.8 Å². The maximum Gasteiger partial charge on any atom is 0.158 e. The van der Waals surface area contributed by atoms with Gasteiger partial charge in [0, 0.05) is 10.8 Å². The van der Waals surface area contributed by atoms with Crippen molar-refractivity contribution >= 4 is 40.9 Å². The van der Waals surface area contributed by atoms with Gasteiger partial charge < -0.3 is 5.32 Å². The zero-order valence-corrected chi connectivity index (χ0v) is 17.0. The number of amidine groups is 1. The van der Waals surface area contributed by atoms with Crippen molar-refractivity contribution in [2.75, 3.05) is 0 Å². The van der Waals surface area contributed by atoms with Gasteiger partial charge in [0.05, 0.1) is 6.04 Å². The summed E-state index contributed by atoms with van der Waals surface area (Å²) in [5, 5.41) is 5.38. The molecular formula is C22H20Cl2N2S. The molecule has 0 spiro atoms. The molecule has 3 aromatic rings. The van der Waals surface area contributed by atoms with E-state index in [0.717, 1.165) is 21.5 Å². The Kier molecular flexibility index (Phi) is 6.84. The van der Waals surface area contributed by atoms with Gasteiger partial charge in [0.25, 0.3) is 0 Å². The Labute approximate surface area is 175 Å². The van der Waals surface area contributed by atoms with Crippen LogP contribution in [0.3, 0.4) is 0 Å². The Morgan fingerprint density at radius 3 is 2.07 bits per heavy atom. The second-order valence-electron chi connectivity index (χ2n) is 6.20. The van der Waals surface area contributed by atoms with Gasteiger partial charge in [-0.1, -0.05) is 102 Å². The normalized spacial score (nSPS) is 18.3. The number of aliphatic imine (C=N–C) groups is 1. The van der Waals surface area contributed by atoms with E-state index in [9.17, 15) is 0 Å². The molecular weight excluding hydrogens is 395 g/mol. The van der Waals surface area contributed by atoms with Crippen LogP contribution in [0.2, 0.25) is 5.02 Å². The average molecular weight is 415 g/mol. The fourth-order valence-corrected chi connectivity index (χ4v) is 4.36. The molecule has 1 aliphatic heterocycles. The molecule has 0 saturated carbocycles. The lowest BCUT2D eigenvalue weighted by Gasteiger charge is -2.19. The number of rotatable bonds is 4. The van der Waals surface area contributed by atoms with Crippen molar-refractivity contribution in [1.29, 1.82) is 0 Å². The monoisotopic (exact) mass is 414 g/mol. The first-order valence-electron chi connectivity index (χ1n) is 8.62. The SMILES string of the molecule is Cl.Clc1ccccc1CSC1=N[C@H](c2ccccc2)[C@H](c2ccccc2)N1. The van der Waals surface area contributed by atoms with Crippen LogP contribution in [0.5, 0.6) is 0 Å². The quantitative estimate of drug-likeness (QED) is 0.531. The molecule has 27 heavy (non-hydrogen) atoms. The first kappa shape index (κ1) is 19.8. The second-order valence-corrected chi connectivity index (χ2v) is 7.57. The molecule has 0 aliphatic carbocycles. The van der Waals surface area contributed by atoms with Gasteiger partial charge in [-0.3, -0.25) is 4.99 Å². The molecule has 138 valence electrons. The Morgan fingerprint density at radius 2 is 1.41 bits per heavy atom. The van der Waals surface area contributed by atoms with Gasteiger partial charge in [-0.15, -0.1) is 12.4 Å². The molecule has 2 nitrogen and oxygen atoms in total. The Hall–Kier alpha value is -1.94. The largest absolute Gasteiger partial charge is 0.356 e. The fourth-order valence-electron chi connectivity index (χ4n) is 3.13. The summed E-state index contributed by atoms with van der Waals surface area (Å²) in [6.45, 7) is 0. The van der Waals surface area contributed by atoms with Crippen molar-refractivity contribution in [3.63, 3.8) is 0 Å². The van der Waals surface area contributed by atoms with E-state index in [4.69, 9.17) is 16.6 Å². The molecule has 1 N–H and O–H groups in total. The third-order valence-electron chi connectivity index (χ3n) is 4.47. The highest BCUT2D eigenvalue weighted by molar-refractivity contribution is 8.13. The third-order valence-corrected chi connectivity index (χ3v) is 5.79. The summed E-state index contributed by atoms with van der Waals surface area (Å²) >= 11 is 7.99. The van der Waals surface area contributed by atoms with E-state index in [1.807, 2.05) is 30.3 Å². The van der Waals surface area contributed by atoms with Crippen molar-refractivity contribution in [2.24, 2.45) is 4.99 Å². The smallest absolute Gasteiger partial charge is 0.158 e. The number of hydrogen-bond acceptors (Lipinski definition) is 3. The van der Waals surface area contributed by atoms with Crippen LogP contribution in [0.25, 0.3) is 0 Å². The topological polar surface area (TPSA) is 24.4 Å². The van der Waals surface area contributed by atoms with Crippen LogP contribution < -0.4 is 5.32 Å². The zero-order valence-electron chi connectivity index (χ0n) is 14.6. The molecule has 5 heteroatoms. The van der Waals surface area contributed by atoms with E-state index in [-0.39, 0.29) is 24.5 Å². The number of nitrogens with one attached hydrogen (secondary N) is 1. The summed E-state index contributed by atoms with van der Waals surface area (Å²) in [4.78, 5) is 4.99. The molecule has 0 bridgehead atoms. The van der Waals surface area contributed by atoms with Gasteiger partial charge in [0.2, 0.25) is 0 Å². The van der Waals surface area contributed by atoms with Gasteiger partial charge >= 0.3 is 0 Å². The lowest BCUT2D eigenvalue weighted by atomic mass is 9.95. The van der Waals surface area contributed by atoms with Crippen LogP contribution in [0, 0.1) is 0 Å². The van der Waals surface area contributed by atoms with Gasteiger partial charge in [0.15, 0.2) is 5.17 Å². The number of halogens is 2. The predicted molar refractivity (Wildman–Crippen MR) is 119 cm³/mol. The van der Waals surface area contributed by atoms with Crippen molar-refractivity contribution in [3.8, 4) is 0 Å². The molecule has 0 saturated heterocycles. The summed E-state index contributed by atoms with van der Waals surface area (Å²) < 4.78 is 0. The number of benzene rings is 3. The molecule has 0 aromatic heterocycles. The van der Waals surface area contributed by atoms with Crippen LogP contribution >= 0.6 is 35.8 Å². The Balaban J connectivity index is 0.00000210. The van der Waals surface area contributed by atoms with E-state index in [2.05, 4.69) is 59.9 Å². The molecule has 3 aromatic carbocycles. The van der Waals surface area contributed by atoms with Gasteiger partial charge in [-0.05, 0) is 22.8 Å². The van der Waals surface area contributed by atoms with Crippen molar-refractivity contribution in [2.45, 2.75) is 17.8 Å². The summed E-state index contributed by atoms with van der Waals surface area (Å²) in [5.74, 6) is 0.800. The van der Waals surface area contributed by atoms with Crippen molar-refractivity contribution < 1.29 is 0 Å². The predicted octanol–water partition coefficient (Wildman–Crippen LogP) is 6.44. The molecule has 0 radical (unpaired) electrons. The molecule has 0 fully saturated rings. The van der Waals surface area contributed by atoms with Crippen LogP contribution in [-0.4, -0.2) is 5.17 Å². The maximum atomic E-state index is 6.29. The third kappa shape index (κ3) is 4.67. The van der Waals surface area contributed by atoms with Crippen LogP contribution in [0.4, 0.5) is 0 Å². The standard InChI is InChI=1S/C22H19ClN2S.ClH/c23-19-14-8-7-13-18(19)15-26-22-24-20(16-9-3-1-4-10-16)21(25-22)17-11-5-2-6-12-17;/h1-14,20-21H,15H2,(H,24,25);1H/t20-,21+;. The van der Waals surface area contributed by atoms with Gasteiger partial charge in [-0.25, -0.2) is 0 Å². The minimum atomic E-state index is 0. The summed E-state index contributed by atoms with van der Waals surface area (Å²) in [7, 11) is 0. The number of nitrogens with zero attached hydrogens (tertiary/aromatic N) is 1. The molecule has 0 amide bonds. The van der Waals surface area contributed by atoms with E-state index in [1.165, 1.54) is 11.1 Å². The fraction of sp³-hybridized carbons (Fsp3) is 0.136. The van der Waals surface area contributed by atoms with Gasteiger partial charge in [0.1, 0.15) is 6.04 Å². The minimum absolute atomic E-state index is 0. The number of thioether (sulfide) groups is 1. The van der Waals surface area contributed by atoms with E-state index < -0.39 is 0 Å². The summed E-state index contributed by atoms with van der Waals surface area (Å²) in [6, 6.07) is 29.2. The van der Waals surface area contributed by atoms with E-state index >= 15 is 0 Å². The number of hydrogen-bond donors (Lipinski definition) is 1. The summed E-state index contributed by atoms with van der Waals surface area (Å²) in [6.07, 6.45) is 0. The highest BCUT2D eigenvalue weighted by Crippen LogP contribution is 2.38. The lowest BCUT2D eigenvalue weighted by molar-refractivity contribution is 0.573. The Morgan fingerprint density at radius 1 is 0.815 bits per heavy atom. The highest BCUT2D eigenvalue weighted by atomic mass is 35.5. The molecule has 2 atom stereocenters. The summed E-state index contributed by atoms with van der Waals surface area (Å²) in [5.41, 5.74) is 3.60. The average Bonchev–Trinajstić information content (AvgIpc) is 3.13. The maximum absolute atomic E-state index is 6.29. The van der Waals surface area contributed by atoms with Crippen LogP contribution in [0.15, 0.2) is 89.9 Å². The Bertz CT molecular complexity index is 900. The van der Waals surface area contributed by atoms with Crippen molar-refractivity contribution in [3.05, 3.63) is 107 Å². The first-order chi connectivity index (χ1) is 12.8. The lowest BCUT2D eigenvalue weighted by Crippen LogP contribution is -2.22. The van der Waals surface area contributed by atoms with Crippen LogP contribution in [-0.2, 0) is 5.75 Å². The first-order valence-corrected chi connectivity index (χ1v) is 9.98. The molecule has 4 rings (SSSR count). The zero-order chi connectivity index (χ0) is 17.8. The second kappa shape index (κ2) is 9.32. The molecule has 1 heterocycles.